The maximum absolute atomic E-state index is 12.4. The molecule has 0 saturated heterocycles. The Labute approximate surface area is 187 Å². The number of benzene rings is 2. The molecule has 2 aliphatic rings. The zero-order valence-electron chi connectivity index (χ0n) is 17.0. The van der Waals surface area contributed by atoms with Crippen LogP contribution in [0.2, 0.25) is 0 Å². The van der Waals surface area contributed by atoms with Crippen LogP contribution in [0.15, 0.2) is 54.3 Å². The Morgan fingerprint density at radius 2 is 2.03 bits per heavy atom. The third-order valence-corrected chi connectivity index (χ3v) is 6.34. The van der Waals surface area contributed by atoms with Crippen LogP contribution >= 0.6 is 11.3 Å². The van der Waals surface area contributed by atoms with Gasteiger partial charge in [0.05, 0.1) is 27.9 Å². The van der Waals surface area contributed by atoms with E-state index in [1.54, 1.807) is 29.2 Å². The van der Waals surface area contributed by atoms with Crippen molar-refractivity contribution in [1.82, 2.24) is 10.3 Å². The minimum atomic E-state index is -0.618. The molecule has 9 heteroatoms. The number of nitrogens with zero attached hydrogens (tertiary/aromatic N) is 2. The third-order valence-electron chi connectivity index (χ3n) is 5.28. The van der Waals surface area contributed by atoms with Crippen LogP contribution in [0.4, 0.5) is 5.69 Å². The molecule has 2 heterocycles. The number of fused-ring (bicyclic) bond motifs is 1. The summed E-state index contributed by atoms with van der Waals surface area (Å²) in [7, 11) is 0. The predicted octanol–water partition coefficient (Wildman–Crippen LogP) is 3.50. The smallest absolute Gasteiger partial charge is 0.338 e. The van der Waals surface area contributed by atoms with Gasteiger partial charge >= 0.3 is 5.97 Å². The maximum Gasteiger partial charge on any atom is 0.338 e. The molecule has 0 bridgehead atoms. The summed E-state index contributed by atoms with van der Waals surface area (Å²) >= 11 is 1.42. The summed E-state index contributed by atoms with van der Waals surface area (Å²) in [6, 6.07) is 14.5. The number of para-hydroxylation sites is 1. The van der Waals surface area contributed by atoms with Gasteiger partial charge < -0.3 is 20.1 Å². The van der Waals surface area contributed by atoms with Crippen LogP contribution in [-0.2, 0) is 9.53 Å². The first-order valence-corrected chi connectivity index (χ1v) is 11.0. The van der Waals surface area contributed by atoms with Crippen LogP contribution in [-0.4, -0.2) is 47.0 Å². The zero-order chi connectivity index (χ0) is 22.2. The predicted molar refractivity (Wildman–Crippen MR) is 122 cm³/mol. The van der Waals surface area contributed by atoms with E-state index in [-0.39, 0.29) is 42.3 Å². The summed E-state index contributed by atoms with van der Waals surface area (Å²) in [4.78, 5) is 30.3. The first kappa shape index (κ1) is 20.2. The molecule has 8 nitrogen and oxygen atoms in total. The molecule has 162 valence electrons. The number of hydrogen-bond donors (Lipinski definition) is 3. The summed E-state index contributed by atoms with van der Waals surface area (Å²) < 4.78 is 6.09. The number of aliphatic hydroxyl groups is 1. The number of rotatable bonds is 6. The molecular weight excluding hydrogens is 428 g/mol. The second-order valence-electron chi connectivity index (χ2n) is 7.71. The van der Waals surface area contributed by atoms with Crippen LogP contribution in [0, 0.1) is 5.41 Å². The molecule has 1 aliphatic heterocycles. The Hall–Kier alpha value is -3.72. The highest BCUT2D eigenvalue weighted by Gasteiger charge is 2.32. The normalized spacial score (nSPS) is 16.0. The van der Waals surface area contributed by atoms with Crippen LogP contribution < -0.4 is 10.2 Å². The van der Waals surface area contributed by atoms with Gasteiger partial charge in [-0.2, -0.15) is 0 Å². The van der Waals surface area contributed by atoms with Crippen molar-refractivity contribution < 1.29 is 19.4 Å². The van der Waals surface area contributed by atoms with Gasteiger partial charge in [0.25, 0.3) is 5.91 Å². The summed E-state index contributed by atoms with van der Waals surface area (Å²) in [5.74, 6) is -0.769. The quantitative estimate of drug-likeness (QED) is 0.497. The van der Waals surface area contributed by atoms with Crippen LogP contribution in [0.3, 0.4) is 0 Å². The van der Waals surface area contributed by atoms with Crippen molar-refractivity contribution in [2.24, 2.45) is 0 Å². The van der Waals surface area contributed by atoms with Crippen molar-refractivity contribution in [3.63, 3.8) is 0 Å². The summed E-state index contributed by atoms with van der Waals surface area (Å²) in [5, 5.41) is 22.6. The molecule has 0 spiro atoms. The minimum Gasteiger partial charge on any atom is -0.510 e. The molecule has 1 amide bonds. The highest BCUT2D eigenvalue weighted by Crippen LogP contribution is 2.35. The van der Waals surface area contributed by atoms with Crippen LogP contribution in [0.25, 0.3) is 15.8 Å². The molecule has 32 heavy (non-hydrogen) atoms. The minimum absolute atomic E-state index is 0.0544. The lowest BCUT2D eigenvalue weighted by Gasteiger charge is -2.19. The molecule has 1 aromatic heterocycles. The molecular formula is C23H20N4O4S. The van der Waals surface area contributed by atoms with Gasteiger partial charge in [-0.3, -0.25) is 10.2 Å². The van der Waals surface area contributed by atoms with E-state index >= 15 is 0 Å². The lowest BCUT2D eigenvalue weighted by atomic mass is 10.2. The van der Waals surface area contributed by atoms with Crippen molar-refractivity contribution in [3.05, 3.63) is 64.9 Å². The lowest BCUT2D eigenvalue weighted by Crippen LogP contribution is -2.30. The molecule has 0 radical (unpaired) electrons. The Morgan fingerprint density at radius 1 is 1.22 bits per heavy atom. The fourth-order valence-corrected chi connectivity index (χ4v) is 4.55. The number of thiazole rings is 1. The van der Waals surface area contributed by atoms with Crippen molar-refractivity contribution in [2.45, 2.75) is 18.9 Å². The average molecular weight is 449 g/mol. The van der Waals surface area contributed by atoms with Crippen LogP contribution in [0.5, 0.6) is 0 Å². The molecule has 3 aromatic rings. The van der Waals surface area contributed by atoms with Gasteiger partial charge in [-0.15, -0.1) is 11.3 Å². The monoisotopic (exact) mass is 448 g/mol. The summed E-state index contributed by atoms with van der Waals surface area (Å²) in [5.41, 5.74) is 2.03. The lowest BCUT2D eigenvalue weighted by molar-refractivity contribution is -0.124. The Bertz CT molecular complexity index is 1240. The number of anilines is 1. The Kier molecular flexibility index (Phi) is 5.10. The molecule has 2 aromatic carbocycles. The van der Waals surface area contributed by atoms with E-state index in [4.69, 9.17) is 10.1 Å². The number of carbonyl (C=O) groups is 2. The molecule has 0 atom stereocenters. The number of esters is 1. The second kappa shape index (κ2) is 8.08. The standard InChI is InChI=1S/C23H20N4O4S/c24-21-20(22-26-16-6-1-2-7-18(16)32-22)17(28)11-27(21)15-5-3-4-13(10-15)23(30)31-12-19(29)25-14-8-9-14/h1-7,10,14,24,28H,8-9,11-12H2,(H,25,29). The fourth-order valence-electron chi connectivity index (χ4n) is 3.52. The Balaban J connectivity index is 1.31. The SMILES string of the molecule is N=C1C(c2nc3ccccc3s2)=C(O)CN1c1cccc(C(=O)OCC(=O)NC2CC2)c1. The zero-order valence-corrected chi connectivity index (χ0v) is 17.8. The van der Waals surface area contributed by atoms with E-state index in [9.17, 15) is 14.7 Å². The van der Waals surface area contributed by atoms with E-state index in [0.717, 1.165) is 23.1 Å². The summed E-state index contributed by atoms with van der Waals surface area (Å²) in [6.45, 7) is -0.227. The van der Waals surface area contributed by atoms with Crippen LogP contribution in [0.1, 0.15) is 28.2 Å². The van der Waals surface area contributed by atoms with E-state index in [2.05, 4.69) is 10.3 Å². The number of nitrogens with one attached hydrogen (secondary N) is 2. The number of amides is 1. The van der Waals surface area contributed by atoms with Gasteiger partial charge in [-0.25, -0.2) is 9.78 Å². The summed E-state index contributed by atoms with van der Waals surface area (Å²) in [6.07, 6.45) is 1.92. The molecule has 1 aliphatic carbocycles. The molecule has 3 N–H and O–H groups in total. The molecule has 5 rings (SSSR count). The first-order valence-electron chi connectivity index (χ1n) is 10.2. The van der Waals surface area contributed by atoms with Gasteiger partial charge in [0.2, 0.25) is 0 Å². The van der Waals surface area contributed by atoms with Crippen molar-refractivity contribution >= 4 is 50.5 Å². The number of amidine groups is 1. The highest BCUT2D eigenvalue weighted by atomic mass is 32.1. The first-order chi connectivity index (χ1) is 15.5. The highest BCUT2D eigenvalue weighted by molar-refractivity contribution is 7.19. The third kappa shape index (κ3) is 3.94. The van der Waals surface area contributed by atoms with Gasteiger partial charge in [0.1, 0.15) is 16.6 Å². The molecule has 0 unspecified atom stereocenters. The van der Waals surface area contributed by atoms with E-state index < -0.39 is 5.97 Å². The molecule has 1 saturated carbocycles. The van der Waals surface area contributed by atoms with Gasteiger partial charge in [0, 0.05) is 11.7 Å². The van der Waals surface area contributed by atoms with Crippen molar-refractivity contribution in [3.8, 4) is 0 Å². The largest absolute Gasteiger partial charge is 0.510 e. The second-order valence-corrected chi connectivity index (χ2v) is 8.74. The van der Waals surface area contributed by atoms with Crippen molar-refractivity contribution in [2.75, 3.05) is 18.1 Å². The van der Waals surface area contributed by atoms with Gasteiger partial charge in [0.15, 0.2) is 6.61 Å². The van der Waals surface area contributed by atoms with E-state index in [1.165, 1.54) is 11.3 Å². The topological polar surface area (TPSA) is 116 Å². The van der Waals surface area contributed by atoms with Gasteiger partial charge in [-0.05, 0) is 43.2 Å². The Morgan fingerprint density at radius 3 is 2.81 bits per heavy atom. The van der Waals surface area contributed by atoms with E-state index in [1.807, 2.05) is 24.3 Å². The van der Waals surface area contributed by atoms with Gasteiger partial charge in [-0.1, -0.05) is 18.2 Å². The number of carbonyl (C=O) groups excluding carboxylic acids is 2. The fraction of sp³-hybridized carbons (Fsp3) is 0.217. The number of hydrogen-bond acceptors (Lipinski definition) is 7. The number of aliphatic hydroxyl groups excluding tert-OH is 1. The number of aromatic nitrogens is 1. The van der Waals surface area contributed by atoms with Crippen molar-refractivity contribution in [1.29, 1.82) is 5.41 Å². The number of ether oxygens (including phenoxy) is 1. The van der Waals surface area contributed by atoms with E-state index in [0.29, 0.717) is 16.3 Å². The maximum atomic E-state index is 12.4. The molecule has 1 fully saturated rings. The average Bonchev–Trinajstić information content (AvgIpc) is 3.41.